The molecule has 0 saturated carbocycles. The predicted molar refractivity (Wildman–Crippen MR) is 74.9 cm³/mol. The Kier molecular flexibility index (Phi) is 3.33. The fourth-order valence-corrected chi connectivity index (χ4v) is 2.27. The third-order valence-corrected chi connectivity index (χ3v) is 3.26. The molecular weight excluding hydrogens is 256 g/mol. The third-order valence-electron chi connectivity index (χ3n) is 3.26. The number of benzene rings is 1. The summed E-state index contributed by atoms with van der Waals surface area (Å²) in [5.41, 5.74) is 2.42. The number of amides is 1. The second-order valence-corrected chi connectivity index (χ2v) is 4.75. The maximum atomic E-state index is 12.5. The number of carbonyl (C=O) groups excluding carboxylic acids is 1. The number of carbonyl (C=O) groups is 1. The Morgan fingerprint density at radius 2 is 2.30 bits per heavy atom. The van der Waals surface area contributed by atoms with Crippen LogP contribution in [0.4, 0.5) is 5.69 Å². The molecule has 0 bridgehead atoms. The van der Waals surface area contributed by atoms with Gasteiger partial charge >= 0.3 is 0 Å². The fraction of sp³-hybridized carbons (Fsp3) is 0.267. The first-order valence-corrected chi connectivity index (χ1v) is 6.52. The number of ether oxygens (including phenoxy) is 1. The summed E-state index contributed by atoms with van der Waals surface area (Å²) < 4.78 is 10.7. The van der Waals surface area contributed by atoms with E-state index in [0.717, 1.165) is 17.8 Å². The number of hydrogen-bond acceptors (Lipinski definition) is 4. The molecule has 20 heavy (non-hydrogen) atoms. The van der Waals surface area contributed by atoms with Gasteiger partial charge in [0.05, 0.1) is 23.8 Å². The summed E-state index contributed by atoms with van der Waals surface area (Å²) in [6, 6.07) is 7.42. The van der Waals surface area contributed by atoms with Gasteiger partial charge in [-0.05, 0) is 18.2 Å². The zero-order valence-electron chi connectivity index (χ0n) is 11.3. The van der Waals surface area contributed by atoms with Gasteiger partial charge < -0.3 is 19.4 Å². The zero-order valence-corrected chi connectivity index (χ0v) is 11.3. The molecule has 5 heteroatoms. The van der Waals surface area contributed by atoms with Crippen molar-refractivity contribution in [2.24, 2.45) is 0 Å². The monoisotopic (exact) mass is 272 g/mol. The summed E-state index contributed by atoms with van der Waals surface area (Å²) >= 11 is 0. The summed E-state index contributed by atoms with van der Waals surface area (Å²) in [5.74, 6) is 0.578. The smallest absolute Gasteiger partial charge is 0.257 e. The largest absolute Gasteiger partial charge is 0.489 e. The van der Waals surface area contributed by atoms with Gasteiger partial charge in [-0.2, -0.15) is 0 Å². The molecule has 3 rings (SSSR count). The predicted octanol–water partition coefficient (Wildman–Crippen LogP) is 2.36. The first-order valence-electron chi connectivity index (χ1n) is 6.52. The third kappa shape index (κ3) is 2.34. The molecule has 2 aromatic rings. The molecule has 0 atom stereocenters. The molecule has 1 aromatic heterocycles. The summed E-state index contributed by atoms with van der Waals surface area (Å²) in [5, 5.41) is 3.23. The van der Waals surface area contributed by atoms with Crippen molar-refractivity contribution in [3.63, 3.8) is 0 Å². The van der Waals surface area contributed by atoms with E-state index in [1.807, 2.05) is 18.2 Å². The molecule has 0 saturated heterocycles. The topological polar surface area (TPSA) is 54.7 Å². The van der Waals surface area contributed by atoms with Crippen LogP contribution in [0.5, 0.6) is 5.75 Å². The van der Waals surface area contributed by atoms with Gasteiger partial charge in [0.2, 0.25) is 0 Å². The van der Waals surface area contributed by atoms with Gasteiger partial charge in [-0.3, -0.25) is 4.79 Å². The van der Waals surface area contributed by atoms with Crippen LogP contribution in [0.3, 0.4) is 0 Å². The number of anilines is 1. The van der Waals surface area contributed by atoms with Crippen LogP contribution in [0.2, 0.25) is 0 Å². The van der Waals surface area contributed by atoms with E-state index in [-0.39, 0.29) is 5.91 Å². The zero-order chi connectivity index (χ0) is 13.9. The normalized spacial score (nSPS) is 13.1. The molecule has 0 fully saturated rings. The number of para-hydroxylation sites is 1. The number of rotatable bonds is 3. The number of fused-ring (bicyclic) bond motifs is 1. The first-order chi connectivity index (χ1) is 9.75. The van der Waals surface area contributed by atoms with Crippen molar-refractivity contribution in [2.45, 2.75) is 6.54 Å². The average molecular weight is 272 g/mol. The molecule has 104 valence electrons. The van der Waals surface area contributed by atoms with Gasteiger partial charge in [0.25, 0.3) is 5.91 Å². The lowest BCUT2D eigenvalue weighted by Crippen LogP contribution is -2.28. The van der Waals surface area contributed by atoms with Crippen molar-refractivity contribution < 1.29 is 13.9 Å². The molecule has 0 radical (unpaired) electrons. The Morgan fingerprint density at radius 3 is 3.10 bits per heavy atom. The van der Waals surface area contributed by atoms with Crippen LogP contribution >= 0.6 is 0 Å². The maximum absolute atomic E-state index is 12.5. The standard InChI is InChI=1S/C15H16N2O3/c1-17(9-11-5-7-19-10-11)15(18)12-3-2-4-13-14(12)20-8-6-16-13/h2-5,7,10,16H,6,8-9H2,1H3. The SMILES string of the molecule is CN(Cc1ccoc1)C(=O)c1cccc2c1OCCN2. The van der Waals surface area contributed by atoms with Crippen LogP contribution in [0.15, 0.2) is 41.2 Å². The van der Waals surface area contributed by atoms with Crippen LogP contribution < -0.4 is 10.1 Å². The Balaban J connectivity index is 1.83. The molecule has 0 spiro atoms. The number of furan rings is 1. The van der Waals surface area contributed by atoms with E-state index in [9.17, 15) is 4.79 Å². The lowest BCUT2D eigenvalue weighted by molar-refractivity contribution is 0.0780. The molecule has 0 unspecified atom stereocenters. The van der Waals surface area contributed by atoms with Gasteiger partial charge in [-0.1, -0.05) is 6.07 Å². The molecule has 1 N–H and O–H groups in total. The van der Waals surface area contributed by atoms with Crippen LogP contribution in [-0.4, -0.2) is 31.0 Å². The first kappa shape index (κ1) is 12.6. The molecule has 0 aliphatic carbocycles. The Morgan fingerprint density at radius 1 is 1.40 bits per heavy atom. The van der Waals surface area contributed by atoms with Crippen molar-refractivity contribution in [3.05, 3.63) is 47.9 Å². The van der Waals surface area contributed by atoms with Crippen molar-refractivity contribution in [1.29, 1.82) is 0 Å². The van der Waals surface area contributed by atoms with E-state index in [4.69, 9.17) is 9.15 Å². The molecular formula is C15H16N2O3. The minimum absolute atomic E-state index is 0.0632. The van der Waals surface area contributed by atoms with E-state index >= 15 is 0 Å². The molecule has 5 nitrogen and oxygen atoms in total. The van der Waals surface area contributed by atoms with E-state index in [1.165, 1.54) is 0 Å². The molecule has 1 aromatic carbocycles. The number of hydrogen-bond donors (Lipinski definition) is 1. The minimum Gasteiger partial charge on any atom is -0.489 e. The minimum atomic E-state index is -0.0632. The summed E-state index contributed by atoms with van der Waals surface area (Å²) in [7, 11) is 1.77. The van der Waals surface area contributed by atoms with Gasteiger partial charge in [0.1, 0.15) is 6.61 Å². The molecule has 1 aliphatic heterocycles. The Hall–Kier alpha value is -2.43. The highest BCUT2D eigenvalue weighted by Crippen LogP contribution is 2.32. The summed E-state index contributed by atoms with van der Waals surface area (Å²) in [6.07, 6.45) is 3.24. The summed E-state index contributed by atoms with van der Waals surface area (Å²) in [4.78, 5) is 14.2. The van der Waals surface area contributed by atoms with Crippen LogP contribution in [0.25, 0.3) is 0 Å². The van der Waals surface area contributed by atoms with Gasteiger partial charge in [-0.25, -0.2) is 0 Å². The lowest BCUT2D eigenvalue weighted by atomic mass is 10.1. The average Bonchev–Trinajstić information content (AvgIpc) is 2.99. The fourth-order valence-electron chi connectivity index (χ4n) is 2.27. The number of nitrogens with zero attached hydrogens (tertiary/aromatic N) is 1. The quantitative estimate of drug-likeness (QED) is 0.932. The molecule has 1 amide bonds. The highest BCUT2D eigenvalue weighted by molar-refractivity contribution is 5.98. The van der Waals surface area contributed by atoms with E-state index < -0.39 is 0 Å². The van der Waals surface area contributed by atoms with Crippen molar-refractivity contribution in [2.75, 3.05) is 25.5 Å². The summed E-state index contributed by atoms with van der Waals surface area (Å²) in [6.45, 7) is 1.84. The van der Waals surface area contributed by atoms with Crippen LogP contribution in [0, 0.1) is 0 Å². The second-order valence-electron chi connectivity index (χ2n) is 4.75. The molecule has 1 aliphatic rings. The van der Waals surface area contributed by atoms with Crippen molar-refractivity contribution in [3.8, 4) is 5.75 Å². The van der Waals surface area contributed by atoms with E-state index in [1.54, 1.807) is 30.5 Å². The van der Waals surface area contributed by atoms with Gasteiger partial charge in [0, 0.05) is 25.7 Å². The number of nitrogens with one attached hydrogen (secondary N) is 1. The van der Waals surface area contributed by atoms with Crippen molar-refractivity contribution in [1.82, 2.24) is 4.90 Å². The highest BCUT2D eigenvalue weighted by atomic mass is 16.5. The van der Waals surface area contributed by atoms with Gasteiger partial charge in [0.15, 0.2) is 5.75 Å². The van der Waals surface area contributed by atoms with Crippen LogP contribution in [-0.2, 0) is 6.54 Å². The Labute approximate surface area is 117 Å². The Bertz CT molecular complexity index is 608. The maximum Gasteiger partial charge on any atom is 0.257 e. The van der Waals surface area contributed by atoms with Crippen molar-refractivity contribution >= 4 is 11.6 Å². The van der Waals surface area contributed by atoms with E-state index in [0.29, 0.717) is 24.5 Å². The lowest BCUT2D eigenvalue weighted by Gasteiger charge is -2.23. The molecule has 2 heterocycles. The highest BCUT2D eigenvalue weighted by Gasteiger charge is 2.21. The second kappa shape index (κ2) is 5.28. The van der Waals surface area contributed by atoms with Gasteiger partial charge in [-0.15, -0.1) is 0 Å². The van der Waals surface area contributed by atoms with Crippen LogP contribution in [0.1, 0.15) is 15.9 Å². The van der Waals surface area contributed by atoms with E-state index in [2.05, 4.69) is 5.32 Å².